The number of halogens is 1. The number of nitrogens with two attached hydrogens (primary N) is 1. The number of pyridine rings is 1. The lowest BCUT2D eigenvalue weighted by molar-refractivity contribution is 0.628. The van der Waals surface area contributed by atoms with Gasteiger partial charge in [-0.05, 0) is 24.3 Å². The second-order valence-corrected chi connectivity index (χ2v) is 2.95. The zero-order valence-corrected chi connectivity index (χ0v) is 7.44. The molecule has 14 heavy (non-hydrogen) atoms. The van der Waals surface area contributed by atoms with E-state index in [1.165, 1.54) is 12.1 Å². The predicted octanol–water partition coefficient (Wildman–Crippen LogP) is 2.47. The molecule has 0 radical (unpaired) electrons. The van der Waals surface area contributed by atoms with Crippen LogP contribution in [0.25, 0.3) is 11.3 Å². The molecule has 0 aliphatic carbocycles. The molecule has 1 aromatic heterocycles. The van der Waals surface area contributed by atoms with Crippen molar-refractivity contribution in [3.05, 3.63) is 48.4 Å². The summed E-state index contributed by atoms with van der Waals surface area (Å²) >= 11 is 0. The van der Waals surface area contributed by atoms with Crippen molar-refractivity contribution < 1.29 is 4.39 Å². The van der Waals surface area contributed by atoms with Gasteiger partial charge in [0.2, 0.25) is 0 Å². The van der Waals surface area contributed by atoms with Crippen LogP contribution in [0.5, 0.6) is 0 Å². The topological polar surface area (TPSA) is 38.9 Å². The second-order valence-electron chi connectivity index (χ2n) is 2.95. The van der Waals surface area contributed by atoms with Gasteiger partial charge in [0.15, 0.2) is 0 Å². The molecular weight excluding hydrogens is 179 g/mol. The van der Waals surface area contributed by atoms with Crippen LogP contribution in [0.2, 0.25) is 0 Å². The van der Waals surface area contributed by atoms with Gasteiger partial charge in [0.05, 0.1) is 11.4 Å². The Kier molecular flexibility index (Phi) is 2.14. The maximum atomic E-state index is 12.9. The van der Waals surface area contributed by atoms with Crippen molar-refractivity contribution in [1.82, 2.24) is 4.98 Å². The number of hydrogen-bond donors (Lipinski definition) is 1. The number of anilines is 1. The zero-order chi connectivity index (χ0) is 9.97. The Labute approximate surface area is 81.2 Å². The Morgan fingerprint density at radius 2 is 2.00 bits per heavy atom. The summed E-state index contributed by atoms with van der Waals surface area (Å²) < 4.78 is 12.9. The number of rotatable bonds is 1. The van der Waals surface area contributed by atoms with Gasteiger partial charge in [0, 0.05) is 11.8 Å². The number of aromatic nitrogens is 1. The molecule has 2 aromatic rings. The van der Waals surface area contributed by atoms with Crippen molar-refractivity contribution in [3.63, 3.8) is 0 Å². The molecule has 0 aliphatic rings. The van der Waals surface area contributed by atoms with Crippen LogP contribution in [-0.2, 0) is 0 Å². The third kappa shape index (κ3) is 1.57. The molecule has 70 valence electrons. The molecule has 0 saturated heterocycles. The first-order valence-electron chi connectivity index (χ1n) is 4.24. The molecule has 0 saturated carbocycles. The first-order chi connectivity index (χ1) is 6.77. The van der Waals surface area contributed by atoms with Crippen LogP contribution in [-0.4, -0.2) is 4.98 Å². The highest BCUT2D eigenvalue weighted by Crippen LogP contribution is 2.22. The van der Waals surface area contributed by atoms with Gasteiger partial charge in [-0.1, -0.05) is 12.1 Å². The van der Waals surface area contributed by atoms with Gasteiger partial charge in [-0.3, -0.25) is 4.98 Å². The summed E-state index contributed by atoms with van der Waals surface area (Å²) in [6.07, 6.45) is 1.64. The average molecular weight is 188 g/mol. The minimum Gasteiger partial charge on any atom is -0.397 e. The Morgan fingerprint density at radius 3 is 2.71 bits per heavy atom. The molecule has 0 atom stereocenters. The van der Waals surface area contributed by atoms with Crippen LogP contribution in [0.1, 0.15) is 0 Å². The first kappa shape index (κ1) is 8.69. The predicted molar refractivity (Wildman–Crippen MR) is 54.0 cm³/mol. The molecule has 1 heterocycles. The van der Waals surface area contributed by atoms with E-state index in [1.54, 1.807) is 30.5 Å². The lowest BCUT2D eigenvalue weighted by Gasteiger charge is -2.03. The lowest BCUT2D eigenvalue weighted by Crippen LogP contribution is -1.92. The maximum Gasteiger partial charge on any atom is 0.123 e. The molecule has 0 unspecified atom stereocenters. The number of nitrogens with zero attached hydrogens (tertiary/aromatic N) is 1. The fourth-order valence-electron chi connectivity index (χ4n) is 1.29. The number of nitrogen functional groups attached to an aromatic ring is 1. The maximum absolute atomic E-state index is 12.9. The van der Waals surface area contributed by atoms with Gasteiger partial charge in [-0.15, -0.1) is 0 Å². The van der Waals surface area contributed by atoms with E-state index >= 15 is 0 Å². The highest BCUT2D eigenvalue weighted by Gasteiger charge is 2.03. The van der Waals surface area contributed by atoms with Crippen LogP contribution in [0.15, 0.2) is 42.6 Å². The van der Waals surface area contributed by atoms with E-state index in [0.29, 0.717) is 16.9 Å². The molecule has 0 aliphatic heterocycles. The highest BCUT2D eigenvalue weighted by atomic mass is 19.1. The summed E-state index contributed by atoms with van der Waals surface area (Å²) in [5, 5.41) is 0. The summed E-state index contributed by atoms with van der Waals surface area (Å²) in [4.78, 5) is 4.10. The van der Waals surface area contributed by atoms with E-state index in [2.05, 4.69) is 4.98 Å². The summed E-state index contributed by atoms with van der Waals surface area (Å²) in [5.41, 5.74) is 7.59. The molecule has 0 bridgehead atoms. The lowest BCUT2D eigenvalue weighted by atomic mass is 10.1. The minimum atomic E-state index is -0.285. The van der Waals surface area contributed by atoms with Crippen molar-refractivity contribution >= 4 is 5.69 Å². The summed E-state index contributed by atoms with van der Waals surface area (Å²) in [6.45, 7) is 0. The molecule has 2 rings (SSSR count). The monoisotopic (exact) mass is 188 g/mol. The molecule has 2 nitrogen and oxygen atoms in total. The van der Waals surface area contributed by atoms with Crippen molar-refractivity contribution in [2.45, 2.75) is 0 Å². The normalized spacial score (nSPS) is 10.1. The molecule has 0 amide bonds. The van der Waals surface area contributed by atoms with E-state index in [0.717, 1.165) is 0 Å². The fourth-order valence-corrected chi connectivity index (χ4v) is 1.29. The first-order valence-corrected chi connectivity index (χ1v) is 4.24. The third-order valence-corrected chi connectivity index (χ3v) is 1.94. The fraction of sp³-hybridized carbons (Fsp3) is 0. The quantitative estimate of drug-likeness (QED) is 0.746. The van der Waals surface area contributed by atoms with E-state index < -0.39 is 0 Å². The van der Waals surface area contributed by atoms with Gasteiger partial charge in [-0.25, -0.2) is 4.39 Å². The van der Waals surface area contributed by atoms with Gasteiger partial charge in [-0.2, -0.15) is 0 Å². The minimum absolute atomic E-state index is 0.285. The van der Waals surface area contributed by atoms with Gasteiger partial charge < -0.3 is 5.73 Å². The molecule has 2 N–H and O–H groups in total. The van der Waals surface area contributed by atoms with Gasteiger partial charge >= 0.3 is 0 Å². The Balaban J connectivity index is 2.55. The van der Waals surface area contributed by atoms with Crippen LogP contribution in [0, 0.1) is 5.82 Å². The number of benzene rings is 1. The Bertz CT molecular complexity index is 455. The summed E-state index contributed by atoms with van der Waals surface area (Å²) in [7, 11) is 0. The van der Waals surface area contributed by atoms with E-state index in [-0.39, 0.29) is 5.82 Å². The van der Waals surface area contributed by atoms with Gasteiger partial charge in [0.1, 0.15) is 5.82 Å². The van der Waals surface area contributed by atoms with Crippen LogP contribution >= 0.6 is 0 Å². The smallest absolute Gasteiger partial charge is 0.123 e. The molecule has 1 aromatic carbocycles. The van der Waals surface area contributed by atoms with E-state index in [9.17, 15) is 4.39 Å². The van der Waals surface area contributed by atoms with Crippen LogP contribution < -0.4 is 5.73 Å². The van der Waals surface area contributed by atoms with Crippen molar-refractivity contribution in [3.8, 4) is 11.3 Å². The van der Waals surface area contributed by atoms with Crippen LogP contribution in [0.4, 0.5) is 10.1 Å². The molecular formula is C11H9FN2. The zero-order valence-electron chi connectivity index (χ0n) is 7.44. The second kappa shape index (κ2) is 3.46. The third-order valence-electron chi connectivity index (χ3n) is 1.94. The van der Waals surface area contributed by atoms with E-state index in [4.69, 9.17) is 5.73 Å². The van der Waals surface area contributed by atoms with Crippen molar-refractivity contribution in [1.29, 1.82) is 0 Å². The Morgan fingerprint density at radius 1 is 1.14 bits per heavy atom. The standard InChI is InChI=1S/C11H9FN2/c12-9-4-1-3-8(7-9)11-10(13)5-2-6-14-11/h1-7H,13H2. The molecule has 0 spiro atoms. The van der Waals surface area contributed by atoms with Crippen molar-refractivity contribution in [2.24, 2.45) is 0 Å². The van der Waals surface area contributed by atoms with Crippen LogP contribution in [0.3, 0.4) is 0 Å². The Hall–Kier alpha value is -1.90. The largest absolute Gasteiger partial charge is 0.397 e. The molecule has 0 fully saturated rings. The average Bonchev–Trinajstić information content (AvgIpc) is 2.18. The van der Waals surface area contributed by atoms with Crippen molar-refractivity contribution in [2.75, 3.05) is 5.73 Å². The summed E-state index contributed by atoms with van der Waals surface area (Å²) in [6, 6.07) is 9.72. The van der Waals surface area contributed by atoms with Gasteiger partial charge in [0.25, 0.3) is 0 Å². The highest BCUT2D eigenvalue weighted by molar-refractivity contribution is 5.71. The van der Waals surface area contributed by atoms with E-state index in [1.807, 2.05) is 0 Å². The number of hydrogen-bond acceptors (Lipinski definition) is 2. The summed E-state index contributed by atoms with van der Waals surface area (Å²) in [5.74, 6) is -0.285. The SMILES string of the molecule is Nc1cccnc1-c1cccc(F)c1. The molecule has 3 heteroatoms.